The highest BCUT2D eigenvalue weighted by Crippen LogP contribution is 2.24. The number of nitrogens with one attached hydrogen (secondary N) is 2. The zero-order valence-electron chi connectivity index (χ0n) is 19.5. The van der Waals surface area contributed by atoms with Crippen LogP contribution >= 0.6 is 11.3 Å². The molecule has 0 saturated carbocycles. The Balaban J connectivity index is 2.02. The van der Waals surface area contributed by atoms with Crippen LogP contribution in [0.4, 0.5) is 0 Å². The molecule has 0 fully saturated rings. The van der Waals surface area contributed by atoms with Crippen LogP contribution in [0.1, 0.15) is 65.2 Å². The van der Waals surface area contributed by atoms with Crippen molar-refractivity contribution in [1.82, 2.24) is 20.5 Å². The van der Waals surface area contributed by atoms with E-state index < -0.39 is 0 Å². The van der Waals surface area contributed by atoms with Crippen molar-refractivity contribution < 1.29 is 9.53 Å². The first-order valence-electron chi connectivity index (χ1n) is 10.8. The average molecular weight is 446 g/mol. The molecule has 0 amide bonds. The molecule has 1 heterocycles. The fourth-order valence-electron chi connectivity index (χ4n) is 3.20. The number of benzene rings is 1. The molecule has 0 bridgehead atoms. The van der Waals surface area contributed by atoms with E-state index in [2.05, 4.69) is 63.6 Å². The van der Waals surface area contributed by atoms with Crippen molar-refractivity contribution in [2.24, 2.45) is 4.99 Å². The number of ether oxygens (including phenoxy) is 1. The largest absolute Gasteiger partial charge is 0.462 e. The van der Waals surface area contributed by atoms with Gasteiger partial charge in [0.1, 0.15) is 9.88 Å². The van der Waals surface area contributed by atoms with E-state index in [-0.39, 0.29) is 12.0 Å². The molecular weight excluding hydrogens is 410 g/mol. The average Bonchev–Trinajstić information content (AvgIpc) is 3.17. The van der Waals surface area contributed by atoms with Crippen molar-refractivity contribution in [2.75, 3.05) is 26.7 Å². The van der Waals surface area contributed by atoms with Gasteiger partial charge in [0.2, 0.25) is 0 Å². The van der Waals surface area contributed by atoms with Crippen LogP contribution in [-0.4, -0.2) is 48.6 Å². The van der Waals surface area contributed by atoms with Crippen molar-refractivity contribution in [3.05, 3.63) is 51.0 Å². The molecule has 7 nitrogen and oxygen atoms in total. The van der Waals surface area contributed by atoms with Gasteiger partial charge in [-0.2, -0.15) is 0 Å². The molecule has 1 aromatic carbocycles. The van der Waals surface area contributed by atoms with Gasteiger partial charge < -0.3 is 15.4 Å². The second-order valence-corrected chi connectivity index (χ2v) is 8.24. The molecule has 1 atom stereocenters. The van der Waals surface area contributed by atoms with Gasteiger partial charge in [0.25, 0.3) is 0 Å². The second-order valence-electron chi connectivity index (χ2n) is 7.21. The van der Waals surface area contributed by atoms with Crippen molar-refractivity contribution >= 4 is 23.3 Å². The topological polar surface area (TPSA) is 78.8 Å². The smallest absolute Gasteiger partial charge is 0.350 e. The quantitative estimate of drug-likeness (QED) is 0.328. The van der Waals surface area contributed by atoms with Crippen LogP contribution in [0.3, 0.4) is 0 Å². The highest BCUT2D eigenvalue weighted by Gasteiger charge is 2.20. The minimum atomic E-state index is -0.316. The molecule has 2 aromatic rings. The Morgan fingerprint density at radius 3 is 2.52 bits per heavy atom. The zero-order chi connectivity index (χ0) is 22.8. The number of nitrogens with zero attached hydrogens (tertiary/aromatic N) is 3. The van der Waals surface area contributed by atoms with Gasteiger partial charge in [0, 0.05) is 20.1 Å². The van der Waals surface area contributed by atoms with Gasteiger partial charge in [-0.15, -0.1) is 11.3 Å². The molecule has 0 aliphatic carbocycles. The lowest BCUT2D eigenvalue weighted by Gasteiger charge is -2.21. The lowest BCUT2D eigenvalue weighted by molar-refractivity contribution is 0.0531. The molecule has 2 N–H and O–H groups in total. The van der Waals surface area contributed by atoms with Crippen LogP contribution in [0.25, 0.3) is 0 Å². The standard InChI is InChI=1S/C23H35N5O2S/c1-7-28(8-2)15-19-13-11-10-12-18(19)14-25-23(24-6)27-17(5)21-26-16(4)20(31-21)22(29)30-9-3/h10-13,17H,7-9,14-15H2,1-6H3,(H2,24,25,27). The van der Waals surface area contributed by atoms with E-state index in [0.29, 0.717) is 29.7 Å². The number of guanidine groups is 1. The summed E-state index contributed by atoms with van der Waals surface area (Å²) >= 11 is 1.36. The van der Waals surface area contributed by atoms with E-state index in [4.69, 9.17) is 4.74 Å². The number of hydrogen-bond donors (Lipinski definition) is 2. The summed E-state index contributed by atoms with van der Waals surface area (Å²) in [6.07, 6.45) is 0. The zero-order valence-corrected chi connectivity index (χ0v) is 20.3. The summed E-state index contributed by atoms with van der Waals surface area (Å²) in [5.74, 6) is 0.374. The number of hydrogen-bond acceptors (Lipinski definition) is 6. The van der Waals surface area contributed by atoms with Gasteiger partial charge in [-0.25, -0.2) is 9.78 Å². The van der Waals surface area contributed by atoms with E-state index in [9.17, 15) is 4.79 Å². The molecule has 170 valence electrons. The normalized spacial score (nSPS) is 12.7. The third kappa shape index (κ3) is 7.04. The third-order valence-corrected chi connectivity index (χ3v) is 6.39. The van der Waals surface area contributed by atoms with Crippen LogP contribution < -0.4 is 10.6 Å². The van der Waals surface area contributed by atoms with E-state index in [1.165, 1.54) is 22.5 Å². The van der Waals surface area contributed by atoms with Crippen molar-refractivity contribution in [3.8, 4) is 0 Å². The van der Waals surface area contributed by atoms with Gasteiger partial charge in [-0.3, -0.25) is 9.89 Å². The molecule has 0 aliphatic heterocycles. The van der Waals surface area contributed by atoms with Gasteiger partial charge in [0.05, 0.1) is 18.3 Å². The molecule has 1 unspecified atom stereocenters. The summed E-state index contributed by atoms with van der Waals surface area (Å²) in [7, 11) is 1.75. The summed E-state index contributed by atoms with van der Waals surface area (Å²) in [5, 5.41) is 7.60. The van der Waals surface area contributed by atoms with Crippen LogP contribution in [0.15, 0.2) is 29.3 Å². The lowest BCUT2D eigenvalue weighted by Crippen LogP contribution is -2.38. The van der Waals surface area contributed by atoms with E-state index in [1.807, 2.05) is 13.8 Å². The lowest BCUT2D eigenvalue weighted by atomic mass is 10.1. The highest BCUT2D eigenvalue weighted by molar-refractivity contribution is 7.13. The molecular formula is C23H35N5O2S. The van der Waals surface area contributed by atoms with Crippen molar-refractivity contribution in [2.45, 2.75) is 53.8 Å². The van der Waals surface area contributed by atoms with Crippen LogP contribution in [-0.2, 0) is 17.8 Å². The van der Waals surface area contributed by atoms with Gasteiger partial charge in [-0.1, -0.05) is 38.1 Å². The van der Waals surface area contributed by atoms with E-state index >= 15 is 0 Å². The molecule has 2 rings (SSSR count). The second kappa shape index (κ2) is 12.4. The molecule has 0 aliphatic rings. The van der Waals surface area contributed by atoms with Gasteiger partial charge in [-0.05, 0) is 45.0 Å². The van der Waals surface area contributed by atoms with Gasteiger partial charge in [0.15, 0.2) is 5.96 Å². The fraction of sp³-hybridized carbons (Fsp3) is 0.522. The number of aliphatic imine (C=N–C) groups is 1. The number of aromatic nitrogens is 1. The Morgan fingerprint density at radius 2 is 1.90 bits per heavy atom. The third-order valence-electron chi connectivity index (χ3n) is 5.07. The Morgan fingerprint density at radius 1 is 1.23 bits per heavy atom. The number of aryl methyl sites for hydroxylation is 1. The molecule has 0 saturated heterocycles. The number of carbonyl (C=O) groups is 1. The Kier molecular flexibility index (Phi) is 9.94. The van der Waals surface area contributed by atoms with E-state index in [1.54, 1.807) is 14.0 Å². The number of esters is 1. The maximum Gasteiger partial charge on any atom is 0.350 e. The Bertz CT molecular complexity index is 877. The predicted octanol–water partition coefficient (Wildman–Crippen LogP) is 3.90. The summed E-state index contributed by atoms with van der Waals surface area (Å²) in [4.78, 5) is 23.9. The Labute approximate surface area is 189 Å². The first-order chi connectivity index (χ1) is 14.9. The van der Waals surface area contributed by atoms with Crippen LogP contribution in [0.2, 0.25) is 0 Å². The van der Waals surface area contributed by atoms with E-state index in [0.717, 1.165) is 24.6 Å². The summed E-state index contributed by atoms with van der Waals surface area (Å²) in [5.41, 5.74) is 3.26. The minimum Gasteiger partial charge on any atom is -0.462 e. The monoisotopic (exact) mass is 445 g/mol. The van der Waals surface area contributed by atoms with Crippen LogP contribution in [0.5, 0.6) is 0 Å². The summed E-state index contributed by atoms with van der Waals surface area (Å²) < 4.78 is 5.12. The minimum absolute atomic E-state index is 0.0935. The maximum absolute atomic E-state index is 12.1. The Hall–Kier alpha value is -2.45. The predicted molar refractivity (Wildman–Crippen MR) is 128 cm³/mol. The first-order valence-corrected chi connectivity index (χ1v) is 11.7. The molecule has 0 radical (unpaired) electrons. The summed E-state index contributed by atoms with van der Waals surface area (Å²) in [6, 6.07) is 8.39. The number of thiazole rings is 1. The number of carbonyl (C=O) groups excluding carboxylic acids is 1. The SMILES string of the molecule is CCOC(=O)c1sc(C(C)NC(=NC)NCc2ccccc2CN(CC)CC)nc1C. The van der Waals surface area contributed by atoms with Crippen molar-refractivity contribution in [1.29, 1.82) is 0 Å². The molecule has 31 heavy (non-hydrogen) atoms. The highest BCUT2D eigenvalue weighted by atomic mass is 32.1. The number of rotatable bonds is 10. The maximum atomic E-state index is 12.1. The summed E-state index contributed by atoms with van der Waals surface area (Å²) in [6.45, 7) is 14.0. The molecule has 8 heteroatoms. The van der Waals surface area contributed by atoms with Crippen LogP contribution in [0, 0.1) is 6.92 Å². The molecule has 1 aromatic heterocycles. The van der Waals surface area contributed by atoms with Crippen molar-refractivity contribution in [3.63, 3.8) is 0 Å². The fourth-order valence-corrected chi connectivity index (χ4v) is 4.16. The first kappa shape index (κ1) is 24.8. The van der Waals surface area contributed by atoms with Gasteiger partial charge >= 0.3 is 5.97 Å². The molecule has 0 spiro atoms.